The fourth-order valence-electron chi connectivity index (χ4n) is 5.62. The van der Waals surface area contributed by atoms with E-state index in [1.165, 1.54) is 10.9 Å². The average molecular weight is 546 g/mol. The Bertz CT molecular complexity index is 2080. The number of aromatic nitrogens is 3. The van der Waals surface area contributed by atoms with Gasteiger partial charge >= 0.3 is 0 Å². The molecular formula is C38H31N3O. The van der Waals surface area contributed by atoms with Gasteiger partial charge in [0.2, 0.25) is 0 Å². The second kappa shape index (κ2) is 10.0. The zero-order valence-electron chi connectivity index (χ0n) is 23.9. The van der Waals surface area contributed by atoms with Gasteiger partial charge in [0.05, 0.1) is 22.3 Å². The van der Waals surface area contributed by atoms with Gasteiger partial charge in [0, 0.05) is 28.4 Å². The second-order valence-electron chi connectivity index (χ2n) is 11.8. The van der Waals surface area contributed by atoms with Crippen LogP contribution in [0, 0.1) is 0 Å². The molecule has 204 valence electrons. The molecule has 5 aromatic carbocycles. The number of benzene rings is 5. The summed E-state index contributed by atoms with van der Waals surface area (Å²) in [5, 5.41) is 13.1. The fraction of sp³-hybridized carbons (Fsp3) is 0.105. The molecule has 0 aliphatic rings. The van der Waals surface area contributed by atoms with Crippen molar-refractivity contribution in [3.05, 3.63) is 133 Å². The quantitative estimate of drug-likeness (QED) is 0.240. The van der Waals surface area contributed by atoms with Crippen LogP contribution in [-0.4, -0.2) is 19.6 Å². The Hall–Kier alpha value is -5.22. The number of hydrogen-bond acceptors (Lipinski definition) is 3. The van der Waals surface area contributed by atoms with Gasteiger partial charge in [0.25, 0.3) is 0 Å². The van der Waals surface area contributed by atoms with Gasteiger partial charge < -0.3 is 5.11 Å². The SMILES string of the molecule is CC(C)(C)c1cc(-c2cc3ccccc3cn2)cc(-c2cccc3c2nc(-c2ccccc2O)n3-c2ccccc2)c1. The topological polar surface area (TPSA) is 50.9 Å². The number of para-hydroxylation sites is 3. The largest absolute Gasteiger partial charge is 0.507 e. The third-order valence-corrected chi connectivity index (χ3v) is 7.88. The number of phenols is 1. The Labute approximate surface area is 245 Å². The minimum absolute atomic E-state index is 0.0696. The zero-order valence-corrected chi connectivity index (χ0v) is 23.9. The van der Waals surface area contributed by atoms with Crippen LogP contribution in [0.5, 0.6) is 5.75 Å². The summed E-state index contributed by atoms with van der Waals surface area (Å²) in [6, 6.07) is 41.2. The van der Waals surface area contributed by atoms with Crippen LogP contribution in [0.1, 0.15) is 26.3 Å². The van der Waals surface area contributed by atoms with Crippen molar-refractivity contribution in [2.45, 2.75) is 26.2 Å². The Balaban J connectivity index is 1.50. The summed E-state index contributed by atoms with van der Waals surface area (Å²) in [5.74, 6) is 0.899. The molecule has 2 heterocycles. The monoisotopic (exact) mass is 545 g/mol. The molecule has 0 atom stereocenters. The standard InChI is InChI=1S/C38H31N3O/c1-38(2,3)29-21-27(20-28(22-29)33-23-25-12-7-8-13-26(25)24-39-33)31-17-11-18-34-36(31)40-37(32-16-9-10-19-35(32)42)41(34)30-14-5-4-6-15-30/h4-24,42H,1-3H3. The van der Waals surface area contributed by atoms with E-state index in [1.54, 1.807) is 6.07 Å². The number of fused-ring (bicyclic) bond motifs is 2. The lowest BCUT2D eigenvalue weighted by molar-refractivity contribution is 0.477. The van der Waals surface area contributed by atoms with E-state index in [9.17, 15) is 5.11 Å². The minimum Gasteiger partial charge on any atom is -0.507 e. The van der Waals surface area contributed by atoms with E-state index >= 15 is 0 Å². The van der Waals surface area contributed by atoms with Gasteiger partial charge in [-0.1, -0.05) is 93.6 Å². The van der Waals surface area contributed by atoms with E-state index in [4.69, 9.17) is 9.97 Å². The molecule has 4 nitrogen and oxygen atoms in total. The molecular weight excluding hydrogens is 514 g/mol. The fourth-order valence-corrected chi connectivity index (χ4v) is 5.62. The van der Waals surface area contributed by atoms with E-state index in [0.717, 1.165) is 44.5 Å². The highest BCUT2D eigenvalue weighted by atomic mass is 16.3. The predicted molar refractivity (Wildman–Crippen MR) is 173 cm³/mol. The van der Waals surface area contributed by atoms with Crippen LogP contribution >= 0.6 is 0 Å². The van der Waals surface area contributed by atoms with Crippen molar-refractivity contribution in [1.82, 2.24) is 14.5 Å². The molecule has 4 heteroatoms. The zero-order chi connectivity index (χ0) is 28.8. The Kier molecular flexibility index (Phi) is 6.13. The molecule has 0 bridgehead atoms. The van der Waals surface area contributed by atoms with Gasteiger partial charge in [-0.2, -0.15) is 0 Å². The van der Waals surface area contributed by atoms with Crippen LogP contribution in [-0.2, 0) is 5.41 Å². The molecule has 2 aromatic heterocycles. The highest BCUT2D eigenvalue weighted by Gasteiger charge is 2.22. The number of hydrogen-bond donors (Lipinski definition) is 1. The molecule has 0 radical (unpaired) electrons. The first-order valence-electron chi connectivity index (χ1n) is 14.2. The molecule has 42 heavy (non-hydrogen) atoms. The maximum Gasteiger partial charge on any atom is 0.149 e. The van der Waals surface area contributed by atoms with E-state index in [1.807, 2.05) is 48.7 Å². The first kappa shape index (κ1) is 25.7. The lowest BCUT2D eigenvalue weighted by atomic mass is 9.83. The van der Waals surface area contributed by atoms with Crippen LogP contribution in [0.3, 0.4) is 0 Å². The number of imidazole rings is 1. The van der Waals surface area contributed by atoms with Gasteiger partial charge in [0.1, 0.15) is 11.6 Å². The summed E-state index contributed by atoms with van der Waals surface area (Å²) >= 11 is 0. The van der Waals surface area contributed by atoms with Crippen LogP contribution in [0.15, 0.2) is 128 Å². The Morgan fingerprint density at radius 1 is 0.643 bits per heavy atom. The van der Waals surface area contributed by atoms with Crippen LogP contribution in [0.2, 0.25) is 0 Å². The first-order chi connectivity index (χ1) is 20.4. The number of pyridine rings is 1. The Morgan fingerprint density at radius 2 is 1.33 bits per heavy atom. The molecule has 0 amide bonds. The molecule has 7 rings (SSSR count). The lowest BCUT2D eigenvalue weighted by Gasteiger charge is -2.21. The first-order valence-corrected chi connectivity index (χ1v) is 14.2. The highest BCUT2D eigenvalue weighted by Crippen LogP contribution is 2.39. The second-order valence-corrected chi connectivity index (χ2v) is 11.8. The predicted octanol–water partition coefficient (Wildman–Crippen LogP) is 9.58. The van der Waals surface area contributed by atoms with Gasteiger partial charge in [-0.25, -0.2) is 4.98 Å². The summed E-state index contributed by atoms with van der Waals surface area (Å²) in [6.07, 6.45) is 1.95. The van der Waals surface area contributed by atoms with Crippen molar-refractivity contribution in [2.75, 3.05) is 0 Å². The van der Waals surface area contributed by atoms with Crippen LogP contribution < -0.4 is 0 Å². The number of rotatable bonds is 4. The van der Waals surface area contributed by atoms with Crippen molar-refractivity contribution in [2.24, 2.45) is 0 Å². The smallest absolute Gasteiger partial charge is 0.149 e. The molecule has 0 spiro atoms. The third-order valence-electron chi connectivity index (χ3n) is 7.88. The summed E-state index contributed by atoms with van der Waals surface area (Å²) in [7, 11) is 0. The molecule has 0 aliphatic heterocycles. The number of nitrogens with zero attached hydrogens (tertiary/aromatic N) is 3. The average Bonchev–Trinajstić information content (AvgIpc) is 3.40. The van der Waals surface area contributed by atoms with Crippen molar-refractivity contribution in [1.29, 1.82) is 0 Å². The van der Waals surface area contributed by atoms with E-state index < -0.39 is 0 Å². The molecule has 1 N–H and O–H groups in total. The summed E-state index contributed by atoms with van der Waals surface area (Å²) in [6.45, 7) is 6.72. The maximum atomic E-state index is 10.9. The molecule has 0 fully saturated rings. The number of phenolic OH excluding ortho intramolecular Hbond substituents is 1. The highest BCUT2D eigenvalue weighted by molar-refractivity contribution is 5.97. The summed E-state index contributed by atoms with van der Waals surface area (Å²) < 4.78 is 2.13. The minimum atomic E-state index is -0.0696. The third kappa shape index (κ3) is 4.51. The molecule has 0 saturated heterocycles. The van der Waals surface area contributed by atoms with Crippen LogP contribution in [0.25, 0.3) is 61.3 Å². The summed E-state index contributed by atoms with van der Waals surface area (Å²) in [4.78, 5) is 10.1. The van der Waals surface area contributed by atoms with Gasteiger partial charge in [-0.3, -0.25) is 9.55 Å². The molecule has 0 unspecified atom stereocenters. The van der Waals surface area contributed by atoms with Crippen molar-refractivity contribution in [3.63, 3.8) is 0 Å². The lowest BCUT2D eigenvalue weighted by Crippen LogP contribution is -2.11. The normalized spacial score (nSPS) is 11.8. The molecule has 7 aromatic rings. The van der Waals surface area contributed by atoms with Gasteiger partial charge in [-0.05, 0) is 70.5 Å². The van der Waals surface area contributed by atoms with Crippen molar-refractivity contribution < 1.29 is 5.11 Å². The van der Waals surface area contributed by atoms with E-state index in [2.05, 4.69) is 98.1 Å². The Morgan fingerprint density at radius 3 is 2.12 bits per heavy atom. The number of aromatic hydroxyl groups is 1. The van der Waals surface area contributed by atoms with Crippen LogP contribution in [0.4, 0.5) is 0 Å². The van der Waals surface area contributed by atoms with E-state index in [0.29, 0.717) is 11.4 Å². The van der Waals surface area contributed by atoms with Gasteiger partial charge in [-0.15, -0.1) is 0 Å². The van der Waals surface area contributed by atoms with Crippen molar-refractivity contribution >= 4 is 21.8 Å². The van der Waals surface area contributed by atoms with E-state index in [-0.39, 0.29) is 11.2 Å². The van der Waals surface area contributed by atoms with Gasteiger partial charge in [0.15, 0.2) is 0 Å². The summed E-state index contributed by atoms with van der Waals surface area (Å²) in [5.41, 5.74) is 8.82. The molecule has 0 saturated carbocycles. The van der Waals surface area contributed by atoms with Crippen molar-refractivity contribution in [3.8, 4) is 45.2 Å². The molecule has 0 aliphatic carbocycles. The maximum absolute atomic E-state index is 10.9.